The normalized spacial score (nSPS) is 12.8. The number of rotatable bonds is 8. The molecule has 6 heteroatoms. The summed E-state index contributed by atoms with van der Waals surface area (Å²) in [6, 6.07) is 9.78. The average molecular weight is 344 g/mol. The molecule has 0 aliphatic rings. The first-order valence-electron chi connectivity index (χ1n) is 8.52. The SMILES string of the molecule is CCN(Cc1cccc(NCC(=O)NC(C)(C#N)C(C)C)c1)C(C)=O. The van der Waals surface area contributed by atoms with Crippen molar-refractivity contribution < 1.29 is 9.59 Å². The van der Waals surface area contributed by atoms with E-state index in [9.17, 15) is 14.9 Å². The highest BCUT2D eigenvalue weighted by Crippen LogP contribution is 2.15. The third-order valence-corrected chi connectivity index (χ3v) is 4.37. The molecule has 0 saturated heterocycles. The van der Waals surface area contributed by atoms with Crippen LogP contribution in [-0.4, -0.2) is 35.3 Å². The van der Waals surface area contributed by atoms with E-state index in [-0.39, 0.29) is 24.3 Å². The molecule has 0 aliphatic heterocycles. The van der Waals surface area contributed by atoms with E-state index < -0.39 is 5.54 Å². The Hall–Kier alpha value is -2.55. The van der Waals surface area contributed by atoms with Gasteiger partial charge in [0.05, 0.1) is 12.6 Å². The number of carbonyl (C=O) groups is 2. The molecule has 0 aliphatic carbocycles. The molecular weight excluding hydrogens is 316 g/mol. The summed E-state index contributed by atoms with van der Waals surface area (Å²) in [6.07, 6.45) is 0. The zero-order valence-electron chi connectivity index (χ0n) is 15.7. The molecule has 1 aromatic rings. The highest BCUT2D eigenvalue weighted by atomic mass is 16.2. The van der Waals surface area contributed by atoms with Crippen molar-refractivity contribution in [2.45, 2.75) is 46.7 Å². The van der Waals surface area contributed by atoms with Gasteiger partial charge in [0.15, 0.2) is 0 Å². The lowest BCUT2D eigenvalue weighted by atomic mass is 9.90. The van der Waals surface area contributed by atoms with Crippen LogP contribution in [-0.2, 0) is 16.1 Å². The maximum absolute atomic E-state index is 12.1. The summed E-state index contributed by atoms with van der Waals surface area (Å²) < 4.78 is 0. The lowest BCUT2D eigenvalue weighted by Crippen LogP contribution is -2.50. The minimum absolute atomic E-state index is 0.0105. The summed E-state index contributed by atoms with van der Waals surface area (Å²) >= 11 is 0. The number of hydrogen-bond acceptors (Lipinski definition) is 4. The number of anilines is 1. The van der Waals surface area contributed by atoms with Crippen LogP contribution >= 0.6 is 0 Å². The van der Waals surface area contributed by atoms with Gasteiger partial charge in [-0.3, -0.25) is 9.59 Å². The van der Waals surface area contributed by atoms with E-state index in [0.29, 0.717) is 13.1 Å². The highest BCUT2D eigenvalue weighted by molar-refractivity contribution is 5.81. The Morgan fingerprint density at radius 3 is 2.56 bits per heavy atom. The molecule has 0 bridgehead atoms. The Morgan fingerprint density at radius 1 is 1.36 bits per heavy atom. The van der Waals surface area contributed by atoms with Crippen LogP contribution in [0.4, 0.5) is 5.69 Å². The van der Waals surface area contributed by atoms with Gasteiger partial charge < -0.3 is 15.5 Å². The van der Waals surface area contributed by atoms with Gasteiger partial charge in [-0.05, 0) is 37.5 Å². The monoisotopic (exact) mass is 344 g/mol. The molecule has 0 saturated carbocycles. The van der Waals surface area contributed by atoms with Crippen molar-refractivity contribution in [1.29, 1.82) is 5.26 Å². The van der Waals surface area contributed by atoms with Crippen LogP contribution in [0.1, 0.15) is 40.2 Å². The molecule has 136 valence electrons. The number of nitrogens with zero attached hydrogens (tertiary/aromatic N) is 2. The van der Waals surface area contributed by atoms with Crippen LogP contribution in [0.3, 0.4) is 0 Å². The summed E-state index contributed by atoms with van der Waals surface area (Å²) in [5.41, 5.74) is 0.908. The topological polar surface area (TPSA) is 85.2 Å². The van der Waals surface area contributed by atoms with Crippen LogP contribution in [0.2, 0.25) is 0 Å². The second kappa shape index (κ2) is 9.07. The molecule has 0 fully saturated rings. The summed E-state index contributed by atoms with van der Waals surface area (Å²) in [6.45, 7) is 10.3. The van der Waals surface area contributed by atoms with Crippen molar-refractivity contribution in [3.63, 3.8) is 0 Å². The fourth-order valence-corrected chi connectivity index (χ4v) is 2.26. The third kappa shape index (κ3) is 6.11. The molecule has 1 atom stereocenters. The Morgan fingerprint density at radius 2 is 2.04 bits per heavy atom. The van der Waals surface area contributed by atoms with E-state index in [1.54, 1.807) is 18.7 Å². The van der Waals surface area contributed by atoms with E-state index in [1.807, 2.05) is 45.0 Å². The Labute approximate surface area is 150 Å². The van der Waals surface area contributed by atoms with Gasteiger partial charge in [0.1, 0.15) is 5.54 Å². The highest BCUT2D eigenvalue weighted by Gasteiger charge is 2.29. The Bertz CT molecular complexity index is 651. The molecule has 0 aromatic heterocycles. The number of carbonyl (C=O) groups excluding carboxylic acids is 2. The minimum Gasteiger partial charge on any atom is -0.376 e. The number of hydrogen-bond donors (Lipinski definition) is 2. The predicted molar refractivity (Wildman–Crippen MR) is 98.7 cm³/mol. The van der Waals surface area contributed by atoms with E-state index in [0.717, 1.165) is 11.3 Å². The molecule has 0 radical (unpaired) electrons. The molecule has 2 amide bonds. The predicted octanol–water partition coefficient (Wildman–Crippen LogP) is 2.52. The first kappa shape index (κ1) is 20.5. The van der Waals surface area contributed by atoms with Gasteiger partial charge in [0.25, 0.3) is 0 Å². The first-order chi connectivity index (χ1) is 11.7. The lowest BCUT2D eigenvalue weighted by molar-refractivity contribution is -0.129. The molecular formula is C19H28N4O2. The largest absolute Gasteiger partial charge is 0.376 e. The molecule has 25 heavy (non-hydrogen) atoms. The molecule has 0 heterocycles. The summed E-state index contributed by atoms with van der Waals surface area (Å²) in [5.74, 6) is -0.192. The van der Waals surface area contributed by atoms with Crippen molar-refractivity contribution in [3.8, 4) is 6.07 Å². The zero-order valence-corrected chi connectivity index (χ0v) is 15.7. The smallest absolute Gasteiger partial charge is 0.240 e. The molecule has 1 rings (SSSR count). The molecule has 6 nitrogen and oxygen atoms in total. The van der Waals surface area contributed by atoms with Crippen molar-refractivity contribution in [2.24, 2.45) is 5.92 Å². The lowest BCUT2D eigenvalue weighted by Gasteiger charge is -2.27. The number of amides is 2. The standard InChI is InChI=1S/C19H28N4O2/c1-6-23(15(4)24)12-16-8-7-9-17(10-16)21-11-18(25)22-19(5,13-20)14(2)3/h7-10,14,21H,6,11-12H2,1-5H3,(H,22,25). The van der Waals surface area contributed by atoms with Gasteiger partial charge in [-0.25, -0.2) is 0 Å². The van der Waals surface area contributed by atoms with Gasteiger partial charge in [0.2, 0.25) is 11.8 Å². The maximum atomic E-state index is 12.1. The van der Waals surface area contributed by atoms with Crippen LogP contribution in [0.5, 0.6) is 0 Å². The summed E-state index contributed by atoms with van der Waals surface area (Å²) in [4.78, 5) is 25.4. The van der Waals surface area contributed by atoms with Gasteiger partial charge >= 0.3 is 0 Å². The van der Waals surface area contributed by atoms with Crippen molar-refractivity contribution in [3.05, 3.63) is 29.8 Å². The van der Waals surface area contributed by atoms with E-state index in [4.69, 9.17) is 0 Å². The van der Waals surface area contributed by atoms with Gasteiger partial charge in [0, 0.05) is 25.7 Å². The van der Waals surface area contributed by atoms with E-state index in [1.165, 1.54) is 0 Å². The van der Waals surface area contributed by atoms with Crippen LogP contribution < -0.4 is 10.6 Å². The third-order valence-electron chi connectivity index (χ3n) is 4.37. The number of nitriles is 1. The van der Waals surface area contributed by atoms with Gasteiger partial charge in [-0.1, -0.05) is 26.0 Å². The molecule has 2 N–H and O–H groups in total. The summed E-state index contributed by atoms with van der Waals surface area (Å²) in [7, 11) is 0. The fourth-order valence-electron chi connectivity index (χ4n) is 2.26. The average Bonchev–Trinajstić information content (AvgIpc) is 2.57. The fraction of sp³-hybridized carbons (Fsp3) is 0.526. The van der Waals surface area contributed by atoms with Crippen LogP contribution in [0, 0.1) is 17.2 Å². The quantitative estimate of drug-likeness (QED) is 0.759. The zero-order chi connectivity index (χ0) is 19.0. The van der Waals surface area contributed by atoms with Crippen LogP contribution in [0.15, 0.2) is 24.3 Å². The summed E-state index contributed by atoms with van der Waals surface area (Å²) in [5, 5.41) is 15.1. The minimum atomic E-state index is -0.885. The van der Waals surface area contributed by atoms with Crippen LogP contribution in [0.25, 0.3) is 0 Å². The maximum Gasteiger partial charge on any atom is 0.240 e. The van der Waals surface area contributed by atoms with Crippen molar-refractivity contribution >= 4 is 17.5 Å². The Kier molecular flexibility index (Phi) is 7.43. The van der Waals surface area contributed by atoms with Gasteiger partial charge in [-0.2, -0.15) is 5.26 Å². The Balaban J connectivity index is 2.67. The van der Waals surface area contributed by atoms with Crippen molar-refractivity contribution in [1.82, 2.24) is 10.2 Å². The molecule has 1 aromatic carbocycles. The molecule has 1 unspecified atom stereocenters. The number of nitrogens with one attached hydrogen (secondary N) is 2. The molecule has 0 spiro atoms. The van der Waals surface area contributed by atoms with E-state index in [2.05, 4.69) is 16.7 Å². The second-order valence-electron chi connectivity index (χ2n) is 6.60. The number of benzene rings is 1. The second-order valence-corrected chi connectivity index (χ2v) is 6.60. The van der Waals surface area contributed by atoms with Crippen molar-refractivity contribution in [2.75, 3.05) is 18.4 Å². The van der Waals surface area contributed by atoms with E-state index >= 15 is 0 Å². The van der Waals surface area contributed by atoms with Gasteiger partial charge in [-0.15, -0.1) is 0 Å². The first-order valence-corrected chi connectivity index (χ1v) is 8.52.